The normalized spacial score (nSPS) is 18.6. The van der Waals surface area contributed by atoms with Crippen LogP contribution in [0.1, 0.15) is 33.1 Å². The molecule has 0 spiro atoms. The van der Waals surface area contributed by atoms with Crippen LogP contribution in [-0.4, -0.2) is 30.2 Å². The van der Waals surface area contributed by atoms with E-state index >= 15 is 0 Å². The molecule has 1 atom stereocenters. The number of hydrogen-bond acceptors (Lipinski definition) is 2. The fraction of sp³-hybridized carbons (Fsp3) is 0.818. The van der Waals surface area contributed by atoms with Crippen LogP contribution in [0.15, 0.2) is 0 Å². The summed E-state index contributed by atoms with van der Waals surface area (Å²) >= 11 is 0. The molecule has 1 fully saturated rings. The van der Waals surface area contributed by atoms with Crippen LogP contribution in [0.25, 0.3) is 0 Å². The third-order valence-corrected chi connectivity index (χ3v) is 3.13. The smallest absolute Gasteiger partial charge is 0.314 e. The zero-order valence-electron chi connectivity index (χ0n) is 9.88. The van der Waals surface area contributed by atoms with E-state index in [0.29, 0.717) is 13.0 Å². The van der Waals surface area contributed by atoms with Crippen molar-refractivity contribution >= 4 is 12.0 Å². The van der Waals surface area contributed by atoms with Gasteiger partial charge in [-0.3, -0.25) is 4.79 Å². The van der Waals surface area contributed by atoms with Crippen molar-refractivity contribution in [2.24, 2.45) is 11.3 Å². The minimum absolute atomic E-state index is 0.189. The lowest BCUT2D eigenvalue weighted by atomic mass is 10.1. The average Bonchev–Trinajstić information content (AvgIpc) is 2.95. The maximum absolute atomic E-state index is 11.3. The number of carboxylic acid groups (broad SMARTS) is 1. The molecule has 1 unspecified atom stereocenters. The lowest BCUT2D eigenvalue weighted by Gasteiger charge is -2.13. The van der Waals surface area contributed by atoms with Gasteiger partial charge in [-0.2, -0.15) is 0 Å². The second-order valence-electron chi connectivity index (χ2n) is 4.82. The molecule has 0 aromatic rings. The second-order valence-corrected chi connectivity index (χ2v) is 4.82. The Morgan fingerprint density at radius 3 is 2.44 bits per heavy atom. The van der Waals surface area contributed by atoms with Crippen LogP contribution in [0.2, 0.25) is 0 Å². The molecule has 3 N–H and O–H groups in total. The van der Waals surface area contributed by atoms with E-state index in [1.807, 2.05) is 0 Å². The molecular weight excluding hydrogens is 208 g/mol. The summed E-state index contributed by atoms with van der Waals surface area (Å²) in [6.45, 7) is 4.78. The standard InChI is InChI=1S/C11H20N2O3/c1-3-8(9(14)15)6-12-10(16)13-7-11(2)4-5-11/h8H,3-7H2,1-2H3,(H,14,15)(H2,12,13,16). The molecule has 5 heteroatoms. The summed E-state index contributed by atoms with van der Waals surface area (Å²) in [6, 6.07) is -0.271. The molecule has 2 amide bonds. The molecule has 92 valence electrons. The first-order valence-electron chi connectivity index (χ1n) is 5.71. The van der Waals surface area contributed by atoms with Crippen molar-refractivity contribution in [3.63, 3.8) is 0 Å². The number of amides is 2. The van der Waals surface area contributed by atoms with Gasteiger partial charge in [0, 0.05) is 13.1 Å². The lowest BCUT2D eigenvalue weighted by Crippen LogP contribution is -2.41. The Balaban J connectivity index is 2.16. The summed E-state index contributed by atoms with van der Waals surface area (Å²) in [5.74, 6) is -1.36. The summed E-state index contributed by atoms with van der Waals surface area (Å²) in [4.78, 5) is 22.0. The van der Waals surface area contributed by atoms with Crippen molar-refractivity contribution in [1.82, 2.24) is 10.6 Å². The summed E-state index contributed by atoms with van der Waals surface area (Å²) in [5, 5.41) is 14.1. The molecule has 0 saturated heterocycles. The molecule has 0 radical (unpaired) electrons. The molecule has 0 bridgehead atoms. The van der Waals surface area contributed by atoms with Crippen molar-refractivity contribution < 1.29 is 14.7 Å². The Hall–Kier alpha value is -1.26. The van der Waals surface area contributed by atoms with E-state index in [2.05, 4.69) is 17.6 Å². The number of rotatable bonds is 6. The van der Waals surface area contributed by atoms with E-state index in [1.165, 1.54) is 0 Å². The van der Waals surface area contributed by atoms with Gasteiger partial charge >= 0.3 is 12.0 Å². The van der Waals surface area contributed by atoms with E-state index in [-0.39, 0.29) is 18.0 Å². The maximum atomic E-state index is 11.3. The van der Waals surface area contributed by atoms with Gasteiger partial charge < -0.3 is 15.7 Å². The van der Waals surface area contributed by atoms with E-state index in [0.717, 1.165) is 12.8 Å². The molecule has 0 aliphatic heterocycles. The highest BCUT2D eigenvalue weighted by atomic mass is 16.4. The molecular formula is C11H20N2O3. The summed E-state index contributed by atoms with van der Waals surface area (Å²) < 4.78 is 0. The summed E-state index contributed by atoms with van der Waals surface area (Å²) in [6.07, 6.45) is 2.83. The largest absolute Gasteiger partial charge is 0.481 e. The third kappa shape index (κ3) is 4.08. The Morgan fingerprint density at radius 2 is 2.00 bits per heavy atom. The van der Waals surface area contributed by atoms with Crippen LogP contribution in [0.5, 0.6) is 0 Å². The van der Waals surface area contributed by atoms with Crippen molar-refractivity contribution in [3.8, 4) is 0 Å². The number of urea groups is 1. The molecule has 1 saturated carbocycles. The Bertz CT molecular complexity index is 274. The number of carbonyl (C=O) groups is 2. The summed E-state index contributed by atoms with van der Waals surface area (Å²) in [5.41, 5.74) is 0.272. The highest BCUT2D eigenvalue weighted by Crippen LogP contribution is 2.43. The van der Waals surface area contributed by atoms with Crippen LogP contribution in [0.3, 0.4) is 0 Å². The molecule has 0 aromatic carbocycles. The Labute approximate surface area is 95.6 Å². The van der Waals surface area contributed by atoms with Crippen LogP contribution < -0.4 is 10.6 Å². The van der Waals surface area contributed by atoms with Crippen LogP contribution in [0, 0.1) is 11.3 Å². The van der Waals surface area contributed by atoms with Gasteiger partial charge in [0.25, 0.3) is 0 Å². The monoisotopic (exact) mass is 228 g/mol. The van der Waals surface area contributed by atoms with Gasteiger partial charge in [-0.1, -0.05) is 13.8 Å². The van der Waals surface area contributed by atoms with Gasteiger partial charge in [0.15, 0.2) is 0 Å². The first-order valence-corrected chi connectivity index (χ1v) is 5.71. The fourth-order valence-electron chi connectivity index (χ4n) is 1.37. The van der Waals surface area contributed by atoms with Crippen molar-refractivity contribution in [3.05, 3.63) is 0 Å². The lowest BCUT2D eigenvalue weighted by molar-refractivity contribution is -0.141. The number of carboxylic acids is 1. The number of aliphatic carboxylic acids is 1. The van der Waals surface area contributed by atoms with Crippen LogP contribution in [-0.2, 0) is 4.79 Å². The zero-order valence-corrected chi connectivity index (χ0v) is 9.88. The molecule has 1 rings (SSSR count). The topological polar surface area (TPSA) is 78.4 Å². The molecule has 5 nitrogen and oxygen atoms in total. The fourth-order valence-corrected chi connectivity index (χ4v) is 1.37. The zero-order chi connectivity index (χ0) is 12.2. The Kier molecular flexibility index (Phi) is 4.15. The molecule has 16 heavy (non-hydrogen) atoms. The second kappa shape index (κ2) is 5.18. The molecule has 0 heterocycles. The first-order chi connectivity index (χ1) is 7.47. The molecule has 1 aliphatic carbocycles. The van der Waals surface area contributed by atoms with Gasteiger partial charge in [-0.15, -0.1) is 0 Å². The van der Waals surface area contributed by atoms with Gasteiger partial charge in [0.05, 0.1) is 5.92 Å². The van der Waals surface area contributed by atoms with Gasteiger partial charge in [-0.05, 0) is 24.7 Å². The van der Waals surface area contributed by atoms with Crippen molar-refractivity contribution in [2.75, 3.05) is 13.1 Å². The predicted molar refractivity (Wildman–Crippen MR) is 60.2 cm³/mol. The minimum Gasteiger partial charge on any atom is -0.481 e. The van der Waals surface area contributed by atoms with E-state index < -0.39 is 11.9 Å². The van der Waals surface area contributed by atoms with Crippen LogP contribution >= 0.6 is 0 Å². The van der Waals surface area contributed by atoms with E-state index in [1.54, 1.807) is 6.92 Å². The number of hydrogen-bond donors (Lipinski definition) is 3. The van der Waals surface area contributed by atoms with Crippen LogP contribution in [0.4, 0.5) is 4.79 Å². The molecule has 1 aliphatic rings. The SMILES string of the molecule is CCC(CNC(=O)NCC1(C)CC1)C(=O)O. The van der Waals surface area contributed by atoms with Crippen molar-refractivity contribution in [2.45, 2.75) is 33.1 Å². The predicted octanol–water partition coefficient (Wildman–Crippen LogP) is 1.20. The summed E-state index contributed by atoms with van der Waals surface area (Å²) in [7, 11) is 0. The van der Waals surface area contributed by atoms with E-state index in [4.69, 9.17) is 5.11 Å². The first kappa shape index (κ1) is 12.8. The highest BCUT2D eigenvalue weighted by Gasteiger charge is 2.37. The minimum atomic E-state index is -0.864. The number of nitrogens with one attached hydrogen (secondary N) is 2. The van der Waals surface area contributed by atoms with Crippen molar-refractivity contribution in [1.29, 1.82) is 0 Å². The number of carbonyl (C=O) groups excluding carboxylic acids is 1. The third-order valence-electron chi connectivity index (χ3n) is 3.13. The maximum Gasteiger partial charge on any atom is 0.314 e. The highest BCUT2D eigenvalue weighted by molar-refractivity contribution is 5.75. The van der Waals surface area contributed by atoms with E-state index in [9.17, 15) is 9.59 Å². The van der Waals surface area contributed by atoms with Gasteiger partial charge in [0.1, 0.15) is 0 Å². The Morgan fingerprint density at radius 1 is 1.38 bits per heavy atom. The van der Waals surface area contributed by atoms with Gasteiger partial charge in [0.2, 0.25) is 0 Å². The average molecular weight is 228 g/mol. The van der Waals surface area contributed by atoms with Gasteiger partial charge in [-0.25, -0.2) is 4.79 Å². The quantitative estimate of drug-likeness (QED) is 0.639. The molecule has 0 aromatic heterocycles.